The summed E-state index contributed by atoms with van der Waals surface area (Å²) < 4.78 is 5.35. The van der Waals surface area contributed by atoms with Crippen molar-refractivity contribution in [2.24, 2.45) is 0 Å². The molecule has 0 spiro atoms. The second-order valence-electron chi connectivity index (χ2n) is 4.34. The quantitative estimate of drug-likeness (QED) is 0.788. The average molecular weight is 279 g/mol. The van der Waals surface area contributed by atoms with Gasteiger partial charge in [0, 0.05) is 19.7 Å². The molecule has 1 aromatic heterocycles. The molecule has 2 rings (SSSR count). The van der Waals surface area contributed by atoms with Crippen molar-refractivity contribution < 1.29 is 14.6 Å². The molecule has 2 heterocycles. The molecule has 0 unspecified atom stereocenters. The second kappa shape index (κ2) is 6.71. The molecule has 0 saturated carbocycles. The van der Waals surface area contributed by atoms with Crippen LogP contribution in [0.1, 0.15) is 26.5 Å². The van der Waals surface area contributed by atoms with Crippen molar-refractivity contribution in [3.63, 3.8) is 0 Å². The van der Waals surface area contributed by atoms with Crippen LogP contribution >= 0.6 is 11.3 Å². The van der Waals surface area contributed by atoms with Crippen molar-refractivity contribution in [2.45, 2.75) is 13.3 Å². The third-order valence-corrected chi connectivity index (χ3v) is 4.06. The standard InChI is InChI=1S/C14H17NO3S/c1-11-10-13(19-12(11)4-2-7-16)14(17)15-5-3-8-18-9-6-15/h10,16H,3,5-9H2,1H3. The van der Waals surface area contributed by atoms with Gasteiger partial charge in [0.05, 0.1) is 16.4 Å². The van der Waals surface area contributed by atoms with Gasteiger partial charge in [-0.1, -0.05) is 11.8 Å². The molecular formula is C14H17NO3S. The Hall–Kier alpha value is -1.35. The highest BCUT2D eigenvalue weighted by atomic mass is 32.1. The molecule has 102 valence electrons. The largest absolute Gasteiger partial charge is 0.384 e. The number of carbonyl (C=O) groups excluding carboxylic acids is 1. The van der Waals surface area contributed by atoms with Gasteiger partial charge in [-0.05, 0) is 25.0 Å². The van der Waals surface area contributed by atoms with Crippen LogP contribution in [0.25, 0.3) is 0 Å². The van der Waals surface area contributed by atoms with Crippen LogP contribution in [-0.4, -0.2) is 48.8 Å². The summed E-state index contributed by atoms with van der Waals surface area (Å²) in [4.78, 5) is 15.8. The molecule has 1 N–H and O–H groups in total. The summed E-state index contributed by atoms with van der Waals surface area (Å²) in [7, 11) is 0. The maximum Gasteiger partial charge on any atom is 0.264 e. The number of nitrogens with zero attached hydrogens (tertiary/aromatic N) is 1. The Labute approximate surface area is 117 Å². The summed E-state index contributed by atoms with van der Waals surface area (Å²) in [6.07, 6.45) is 0.882. The SMILES string of the molecule is Cc1cc(C(=O)N2CCCOCC2)sc1C#CCO. The minimum absolute atomic E-state index is 0.0515. The lowest BCUT2D eigenvalue weighted by molar-refractivity contribution is 0.0746. The maximum absolute atomic E-state index is 12.4. The zero-order chi connectivity index (χ0) is 13.7. The molecule has 1 amide bonds. The average Bonchev–Trinajstić information content (AvgIpc) is 2.64. The van der Waals surface area contributed by atoms with Crippen molar-refractivity contribution >= 4 is 17.2 Å². The summed E-state index contributed by atoms with van der Waals surface area (Å²) in [6, 6.07) is 1.88. The molecule has 4 nitrogen and oxygen atoms in total. The highest BCUT2D eigenvalue weighted by molar-refractivity contribution is 7.14. The number of ether oxygens (including phenoxy) is 1. The molecule has 5 heteroatoms. The fourth-order valence-electron chi connectivity index (χ4n) is 1.94. The first-order chi connectivity index (χ1) is 9.22. The minimum atomic E-state index is -0.163. The van der Waals surface area contributed by atoms with E-state index in [2.05, 4.69) is 11.8 Å². The predicted octanol–water partition coefficient (Wildman–Crippen LogP) is 1.26. The van der Waals surface area contributed by atoms with Crippen LogP contribution in [0.3, 0.4) is 0 Å². The third-order valence-electron chi connectivity index (χ3n) is 2.92. The van der Waals surface area contributed by atoms with E-state index in [-0.39, 0.29) is 12.5 Å². The Balaban J connectivity index is 2.14. The van der Waals surface area contributed by atoms with Crippen LogP contribution in [-0.2, 0) is 4.74 Å². The first-order valence-corrected chi connectivity index (χ1v) is 7.11. The Morgan fingerprint density at radius 3 is 3.16 bits per heavy atom. The van der Waals surface area contributed by atoms with Crippen LogP contribution in [0.4, 0.5) is 0 Å². The van der Waals surface area contributed by atoms with E-state index < -0.39 is 0 Å². The summed E-state index contributed by atoms with van der Waals surface area (Å²) >= 11 is 1.39. The van der Waals surface area contributed by atoms with Gasteiger partial charge in [0.25, 0.3) is 5.91 Å². The fourth-order valence-corrected chi connectivity index (χ4v) is 2.95. The zero-order valence-electron chi connectivity index (χ0n) is 10.9. The molecule has 0 aliphatic carbocycles. The number of aliphatic hydroxyl groups excluding tert-OH is 1. The topological polar surface area (TPSA) is 49.8 Å². The highest BCUT2D eigenvalue weighted by Crippen LogP contribution is 2.22. The van der Waals surface area contributed by atoms with Crippen molar-refractivity contribution in [1.29, 1.82) is 0 Å². The summed E-state index contributed by atoms with van der Waals surface area (Å²) in [6.45, 7) is 4.49. The van der Waals surface area contributed by atoms with Gasteiger partial charge in [0.2, 0.25) is 0 Å². The normalized spacial score (nSPS) is 15.6. The lowest BCUT2D eigenvalue weighted by Crippen LogP contribution is -2.32. The van der Waals surface area contributed by atoms with E-state index in [1.165, 1.54) is 11.3 Å². The molecule has 0 radical (unpaired) electrons. The smallest absolute Gasteiger partial charge is 0.264 e. The Kier molecular flexibility index (Phi) is 4.97. The van der Waals surface area contributed by atoms with E-state index in [1.807, 2.05) is 17.9 Å². The number of carbonyl (C=O) groups is 1. The number of thiophene rings is 1. The lowest BCUT2D eigenvalue weighted by Gasteiger charge is -2.18. The van der Waals surface area contributed by atoms with Crippen LogP contribution < -0.4 is 0 Å². The number of rotatable bonds is 1. The van der Waals surface area contributed by atoms with E-state index in [4.69, 9.17) is 9.84 Å². The van der Waals surface area contributed by atoms with Crippen molar-refractivity contribution in [2.75, 3.05) is 32.9 Å². The first-order valence-electron chi connectivity index (χ1n) is 6.29. The van der Waals surface area contributed by atoms with Gasteiger partial charge in [-0.25, -0.2) is 0 Å². The predicted molar refractivity (Wildman–Crippen MR) is 74.4 cm³/mol. The number of hydrogen-bond donors (Lipinski definition) is 1. The van der Waals surface area contributed by atoms with Crippen LogP contribution in [0, 0.1) is 18.8 Å². The molecule has 1 aliphatic rings. The summed E-state index contributed by atoms with van der Waals surface area (Å²) in [5.41, 5.74) is 0.986. The fraction of sp³-hybridized carbons (Fsp3) is 0.500. The Morgan fingerprint density at radius 1 is 1.53 bits per heavy atom. The van der Waals surface area contributed by atoms with Gasteiger partial charge in [0.1, 0.15) is 6.61 Å². The van der Waals surface area contributed by atoms with Crippen LogP contribution in [0.15, 0.2) is 6.07 Å². The summed E-state index contributed by atoms with van der Waals surface area (Å²) in [5, 5.41) is 8.71. The number of hydrogen-bond acceptors (Lipinski definition) is 4. The molecule has 0 aromatic carbocycles. The zero-order valence-corrected chi connectivity index (χ0v) is 11.8. The number of amides is 1. The molecule has 1 aliphatic heterocycles. The summed E-state index contributed by atoms with van der Waals surface area (Å²) in [5.74, 6) is 5.55. The van der Waals surface area contributed by atoms with E-state index in [9.17, 15) is 4.79 Å². The lowest BCUT2D eigenvalue weighted by atomic mass is 10.2. The number of aryl methyl sites for hydroxylation is 1. The third kappa shape index (κ3) is 3.57. The first kappa shape index (κ1) is 14.1. The van der Waals surface area contributed by atoms with Crippen molar-refractivity contribution in [3.8, 4) is 11.8 Å². The van der Waals surface area contributed by atoms with Crippen molar-refractivity contribution in [1.82, 2.24) is 4.90 Å². The molecule has 1 aromatic rings. The number of aliphatic hydroxyl groups is 1. The Bertz CT molecular complexity index is 504. The van der Waals surface area contributed by atoms with E-state index >= 15 is 0 Å². The second-order valence-corrected chi connectivity index (χ2v) is 5.39. The molecule has 1 saturated heterocycles. The molecule has 1 fully saturated rings. The van der Waals surface area contributed by atoms with Gasteiger partial charge in [-0.2, -0.15) is 0 Å². The van der Waals surface area contributed by atoms with Gasteiger partial charge in [0.15, 0.2) is 0 Å². The van der Waals surface area contributed by atoms with E-state index in [0.29, 0.717) is 18.0 Å². The van der Waals surface area contributed by atoms with E-state index in [0.717, 1.165) is 30.0 Å². The highest BCUT2D eigenvalue weighted by Gasteiger charge is 2.20. The van der Waals surface area contributed by atoms with Gasteiger partial charge < -0.3 is 14.7 Å². The minimum Gasteiger partial charge on any atom is -0.384 e. The molecular weight excluding hydrogens is 262 g/mol. The Morgan fingerprint density at radius 2 is 2.37 bits per heavy atom. The van der Waals surface area contributed by atoms with Crippen LogP contribution in [0.5, 0.6) is 0 Å². The van der Waals surface area contributed by atoms with Gasteiger partial charge >= 0.3 is 0 Å². The molecule has 19 heavy (non-hydrogen) atoms. The van der Waals surface area contributed by atoms with Crippen LogP contribution in [0.2, 0.25) is 0 Å². The van der Waals surface area contributed by atoms with Gasteiger partial charge in [-0.3, -0.25) is 4.79 Å². The maximum atomic E-state index is 12.4. The monoisotopic (exact) mass is 279 g/mol. The van der Waals surface area contributed by atoms with E-state index in [1.54, 1.807) is 0 Å². The molecule has 0 atom stereocenters. The van der Waals surface area contributed by atoms with Gasteiger partial charge in [-0.15, -0.1) is 11.3 Å². The molecule has 0 bridgehead atoms. The van der Waals surface area contributed by atoms with Crippen molar-refractivity contribution in [3.05, 3.63) is 21.4 Å².